The number of carbonyl (C=O) groups is 2. The van der Waals surface area contributed by atoms with Gasteiger partial charge in [0.1, 0.15) is 5.56 Å². The van der Waals surface area contributed by atoms with Crippen molar-refractivity contribution in [3.05, 3.63) is 27.8 Å². The van der Waals surface area contributed by atoms with Crippen molar-refractivity contribution < 1.29 is 24.0 Å². The Balaban J connectivity index is 0.00000300. The summed E-state index contributed by atoms with van der Waals surface area (Å²) < 4.78 is 10.3. The predicted molar refractivity (Wildman–Crippen MR) is 107 cm³/mol. The quantitative estimate of drug-likeness (QED) is 0.551. The summed E-state index contributed by atoms with van der Waals surface area (Å²) in [5.74, 6) is 0.0126. The van der Waals surface area contributed by atoms with Gasteiger partial charge in [0.05, 0.1) is 31.8 Å². The number of nitrogens with zero attached hydrogens (tertiary/aromatic N) is 3. The molecule has 0 spiro atoms. The molecular formula is C18H25ClN4O6. The van der Waals surface area contributed by atoms with Crippen LogP contribution in [-0.2, 0) is 4.79 Å². The maximum atomic E-state index is 13.1. The molecule has 1 aromatic carbocycles. The third-order valence-electron chi connectivity index (χ3n) is 5.18. The van der Waals surface area contributed by atoms with Crippen LogP contribution in [0, 0.1) is 10.1 Å². The monoisotopic (exact) mass is 428 g/mol. The van der Waals surface area contributed by atoms with Crippen molar-refractivity contribution in [3.8, 4) is 11.5 Å². The topological polar surface area (TPSA) is 114 Å². The normalized spacial score (nSPS) is 19.4. The number of carbonyl (C=O) groups excluding carboxylic acids is 2. The van der Waals surface area contributed by atoms with Crippen LogP contribution in [0.2, 0.25) is 0 Å². The first-order chi connectivity index (χ1) is 13.5. The van der Waals surface area contributed by atoms with E-state index in [1.165, 1.54) is 26.4 Å². The van der Waals surface area contributed by atoms with Crippen LogP contribution in [0.15, 0.2) is 12.1 Å². The van der Waals surface area contributed by atoms with E-state index in [1.54, 1.807) is 9.80 Å². The zero-order valence-electron chi connectivity index (χ0n) is 16.4. The predicted octanol–water partition coefficient (Wildman–Crippen LogP) is 1.07. The van der Waals surface area contributed by atoms with Gasteiger partial charge in [0, 0.05) is 38.3 Å². The molecule has 0 bridgehead atoms. The second kappa shape index (κ2) is 9.75. The van der Waals surface area contributed by atoms with E-state index in [0.717, 1.165) is 19.4 Å². The first kappa shape index (κ1) is 22.7. The van der Waals surface area contributed by atoms with Gasteiger partial charge >= 0.3 is 0 Å². The van der Waals surface area contributed by atoms with Gasteiger partial charge in [0.15, 0.2) is 11.5 Å². The molecule has 2 heterocycles. The molecule has 2 fully saturated rings. The van der Waals surface area contributed by atoms with Crippen molar-refractivity contribution in [2.45, 2.75) is 18.9 Å². The van der Waals surface area contributed by atoms with Crippen molar-refractivity contribution >= 4 is 29.9 Å². The second-order valence-electron chi connectivity index (χ2n) is 6.79. The molecule has 1 aromatic rings. The van der Waals surface area contributed by atoms with E-state index in [2.05, 4.69) is 5.32 Å². The number of nitro groups is 1. The number of halogens is 1. The van der Waals surface area contributed by atoms with Gasteiger partial charge in [-0.05, 0) is 12.8 Å². The second-order valence-corrected chi connectivity index (χ2v) is 6.79. The van der Waals surface area contributed by atoms with Crippen molar-refractivity contribution in [2.24, 2.45) is 0 Å². The molecule has 10 nitrogen and oxygen atoms in total. The number of methoxy groups -OCH3 is 2. The number of amides is 2. The number of likely N-dealkylation sites (tertiary alicyclic amines) is 1. The van der Waals surface area contributed by atoms with E-state index in [1.807, 2.05) is 0 Å². The fourth-order valence-electron chi connectivity index (χ4n) is 3.76. The summed E-state index contributed by atoms with van der Waals surface area (Å²) in [6, 6.07) is 2.47. The Labute approximate surface area is 174 Å². The summed E-state index contributed by atoms with van der Waals surface area (Å²) in [6.07, 6.45) is 1.54. The van der Waals surface area contributed by atoms with E-state index in [-0.39, 0.29) is 47.1 Å². The average Bonchev–Trinajstić information content (AvgIpc) is 2.72. The van der Waals surface area contributed by atoms with E-state index < -0.39 is 10.8 Å². The van der Waals surface area contributed by atoms with Crippen molar-refractivity contribution in [3.63, 3.8) is 0 Å². The summed E-state index contributed by atoms with van der Waals surface area (Å²) in [4.78, 5) is 39.6. The van der Waals surface area contributed by atoms with Gasteiger partial charge in [-0.15, -0.1) is 12.4 Å². The van der Waals surface area contributed by atoms with Crippen LogP contribution >= 0.6 is 12.4 Å². The lowest BCUT2D eigenvalue weighted by Gasteiger charge is -2.41. The van der Waals surface area contributed by atoms with Gasteiger partial charge in [0.2, 0.25) is 5.91 Å². The number of hydrogen-bond acceptors (Lipinski definition) is 7. The number of nitro benzene ring substituents is 1. The summed E-state index contributed by atoms with van der Waals surface area (Å²) in [7, 11) is 2.79. The number of benzene rings is 1. The molecule has 29 heavy (non-hydrogen) atoms. The molecule has 2 saturated heterocycles. The lowest BCUT2D eigenvalue weighted by atomic mass is 10.0. The molecule has 0 saturated carbocycles. The van der Waals surface area contributed by atoms with Gasteiger partial charge < -0.3 is 24.6 Å². The summed E-state index contributed by atoms with van der Waals surface area (Å²) in [5.41, 5.74) is -0.377. The van der Waals surface area contributed by atoms with Crippen molar-refractivity contribution in [1.82, 2.24) is 15.1 Å². The first-order valence-corrected chi connectivity index (χ1v) is 9.16. The van der Waals surface area contributed by atoms with Crippen molar-refractivity contribution in [1.29, 1.82) is 0 Å². The SMILES string of the molecule is COc1cc(C(=O)N2CCCC(N3CCNCC3=O)C2)c([N+](=O)[O-])cc1OC.Cl. The van der Waals surface area contributed by atoms with E-state index >= 15 is 0 Å². The summed E-state index contributed by atoms with van der Waals surface area (Å²) in [6.45, 7) is 2.46. The number of ether oxygens (including phenoxy) is 2. The Bertz CT molecular complexity index is 790. The summed E-state index contributed by atoms with van der Waals surface area (Å²) in [5, 5.41) is 14.5. The number of rotatable bonds is 5. The number of hydrogen-bond donors (Lipinski definition) is 1. The molecule has 0 radical (unpaired) electrons. The molecule has 160 valence electrons. The van der Waals surface area contributed by atoms with Crippen LogP contribution in [0.3, 0.4) is 0 Å². The minimum atomic E-state index is -0.601. The molecule has 11 heteroatoms. The molecule has 1 atom stereocenters. The lowest BCUT2D eigenvalue weighted by Crippen LogP contribution is -2.57. The van der Waals surface area contributed by atoms with Gasteiger partial charge in [-0.1, -0.05) is 0 Å². The average molecular weight is 429 g/mol. The minimum absolute atomic E-state index is 0. The third-order valence-corrected chi connectivity index (χ3v) is 5.18. The van der Waals surface area contributed by atoms with Crippen LogP contribution in [0.4, 0.5) is 5.69 Å². The smallest absolute Gasteiger partial charge is 0.286 e. The van der Waals surface area contributed by atoms with E-state index in [0.29, 0.717) is 26.2 Å². The van der Waals surface area contributed by atoms with Crippen LogP contribution in [0.5, 0.6) is 11.5 Å². The molecule has 3 rings (SSSR count). The Morgan fingerprint density at radius 2 is 1.93 bits per heavy atom. The largest absolute Gasteiger partial charge is 0.493 e. The fraction of sp³-hybridized carbons (Fsp3) is 0.556. The van der Waals surface area contributed by atoms with Crippen LogP contribution < -0.4 is 14.8 Å². The standard InChI is InChI=1S/C18H24N4O6.ClH/c1-27-15-8-13(14(22(25)26)9-16(15)28-2)18(24)20-6-3-4-12(11-20)21-7-5-19-10-17(21)23;/h8-9,12,19H,3-7,10-11H2,1-2H3;1H. The maximum absolute atomic E-state index is 13.1. The fourth-order valence-corrected chi connectivity index (χ4v) is 3.76. The highest BCUT2D eigenvalue weighted by Gasteiger charge is 2.34. The lowest BCUT2D eigenvalue weighted by molar-refractivity contribution is -0.385. The zero-order chi connectivity index (χ0) is 20.3. The van der Waals surface area contributed by atoms with Crippen LogP contribution in [0.1, 0.15) is 23.2 Å². The molecule has 2 aliphatic heterocycles. The maximum Gasteiger partial charge on any atom is 0.286 e. The van der Waals surface area contributed by atoms with E-state index in [4.69, 9.17) is 9.47 Å². The Morgan fingerprint density at radius 1 is 1.24 bits per heavy atom. The molecular weight excluding hydrogens is 404 g/mol. The molecule has 2 aliphatic rings. The van der Waals surface area contributed by atoms with Gasteiger partial charge in [-0.3, -0.25) is 19.7 Å². The van der Waals surface area contributed by atoms with Crippen LogP contribution in [0.25, 0.3) is 0 Å². The third kappa shape index (κ3) is 4.70. The van der Waals surface area contributed by atoms with Crippen LogP contribution in [-0.4, -0.2) is 79.5 Å². The molecule has 0 aliphatic carbocycles. The molecule has 1 unspecified atom stereocenters. The van der Waals surface area contributed by atoms with Gasteiger partial charge in [0.25, 0.3) is 11.6 Å². The minimum Gasteiger partial charge on any atom is -0.493 e. The Morgan fingerprint density at radius 3 is 2.55 bits per heavy atom. The van der Waals surface area contributed by atoms with Gasteiger partial charge in [-0.25, -0.2) is 0 Å². The van der Waals surface area contributed by atoms with E-state index in [9.17, 15) is 19.7 Å². The number of nitrogens with one attached hydrogen (secondary N) is 1. The van der Waals surface area contributed by atoms with Gasteiger partial charge in [-0.2, -0.15) is 0 Å². The molecule has 0 aromatic heterocycles. The molecule has 2 amide bonds. The first-order valence-electron chi connectivity index (χ1n) is 9.16. The Hall–Kier alpha value is -2.59. The number of piperidine rings is 1. The highest BCUT2D eigenvalue weighted by atomic mass is 35.5. The molecule has 1 N–H and O–H groups in total. The Kier molecular flexibility index (Phi) is 7.63. The highest BCUT2D eigenvalue weighted by Crippen LogP contribution is 2.35. The zero-order valence-corrected chi connectivity index (χ0v) is 17.2. The summed E-state index contributed by atoms with van der Waals surface area (Å²) >= 11 is 0. The highest BCUT2D eigenvalue weighted by molar-refractivity contribution is 5.99. The number of piperazine rings is 1. The van der Waals surface area contributed by atoms with Crippen molar-refractivity contribution in [2.75, 3.05) is 46.9 Å².